The zero-order valence-corrected chi connectivity index (χ0v) is 3.09. The minimum Gasteiger partial charge on any atom is -2.00 e. The van der Waals surface area contributed by atoms with Crippen molar-refractivity contribution in [3.63, 3.8) is 0 Å². The molecule has 0 unspecified atom stereocenters. The summed E-state index contributed by atoms with van der Waals surface area (Å²) in [4.78, 5) is 0. The van der Waals surface area contributed by atoms with Crippen LogP contribution in [-0.2, 0) is 5.48 Å². The summed E-state index contributed by atoms with van der Waals surface area (Å²) in [7, 11) is 0. The van der Waals surface area contributed by atoms with E-state index in [-0.39, 0.29) is 33.8 Å². The van der Waals surface area contributed by atoms with Crippen LogP contribution in [-0.4, -0.2) is 28.3 Å². The van der Waals surface area contributed by atoms with Gasteiger partial charge in [0.25, 0.3) is 0 Å². The molecule has 0 radical (unpaired) electrons. The molecule has 0 atom stereocenters. The molecule has 4 heteroatoms. The Morgan fingerprint density at radius 3 is 1.00 bits per heavy atom. The average Bonchev–Trinajstić information content (AvgIpc) is 0. The molecule has 0 saturated carbocycles. The first kappa shape index (κ1) is 302. The van der Waals surface area contributed by atoms with Crippen molar-refractivity contribution in [2.45, 2.75) is 0 Å². The van der Waals surface area contributed by atoms with Crippen LogP contribution in [0.2, 0.25) is 0 Å². The Morgan fingerprint density at radius 1 is 1.00 bits per heavy atom. The van der Waals surface area contributed by atoms with E-state index in [1.807, 2.05) is 0 Å². The predicted molar refractivity (Wildman–Crippen MR) is 12.0 cm³/mol. The normalized spacial score (nSPS) is 0. The van der Waals surface area contributed by atoms with E-state index in [0.29, 0.717) is 0 Å². The van der Waals surface area contributed by atoms with Crippen LogP contribution in [0, 0.1) is 0 Å². The van der Waals surface area contributed by atoms with Crippen molar-refractivity contribution in [2.24, 2.45) is 0 Å². The Bertz CT molecular complexity index is 3.25. The smallest absolute Gasteiger partial charge is 2.00 e. The van der Waals surface area contributed by atoms with E-state index in [4.69, 9.17) is 0 Å². The molecule has 3 nitrogen and oxygen atoms in total. The Balaban J connectivity index is 0. The maximum atomic E-state index is 0. The van der Waals surface area contributed by atoms with E-state index in [2.05, 4.69) is 0 Å². The van der Waals surface area contributed by atoms with Gasteiger partial charge in [-0.05, 0) is 0 Å². The largest absolute Gasteiger partial charge is 3.00 e. The summed E-state index contributed by atoms with van der Waals surface area (Å²) in [5.41, 5.74) is 0. The van der Waals surface area contributed by atoms with Gasteiger partial charge in [0, 0.05) is 0 Å². The minimum absolute atomic E-state index is 0. The molecule has 0 aliphatic rings. The first-order valence-electron chi connectivity index (χ1n) is 0. The Labute approximate surface area is 34.7 Å². The fraction of sp³-hybridized carbons (Fsp3) is 0. The molecule has 0 heterocycles. The van der Waals surface area contributed by atoms with Crippen molar-refractivity contribution in [1.82, 2.24) is 0 Å². The fourth-order valence-electron chi connectivity index (χ4n) is 0. The van der Waals surface area contributed by atoms with Crippen molar-refractivity contribution in [3.05, 3.63) is 0 Å². The Morgan fingerprint density at radius 2 is 1.00 bits per heavy atom. The van der Waals surface area contributed by atoms with Crippen LogP contribution in [0.4, 0.5) is 0 Å². The SMILES string of the molecule is O.[Al+3].[O-2].[OH-]. The van der Waals surface area contributed by atoms with E-state index < -0.39 is 0 Å². The van der Waals surface area contributed by atoms with Gasteiger partial charge in [0.15, 0.2) is 0 Å². The van der Waals surface area contributed by atoms with E-state index in [9.17, 15) is 0 Å². The predicted octanol–water partition coefficient (Wildman–Crippen LogP) is -1.50. The fourth-order valence-corrected chi connectivity index (χ4v) is 0. The number of rotatable bonds is 0. The molecule has 0 aromatic carbocycles. The zero-order chi connectivity index (χ0) is 0. The molecular weight excluding hydrogens is 75.0 g/mol. The van der Waals surface area contributed by atoms with Crippen LogP contribution in [0.1, 0.15) is 0 Å². The van der Waals surface area contributed by atoms with Gasteiger partial charge in [0.2, 0.25) is 0 Å². The van der Waals surface area contributed by atoms with Gasteiger partial charge in [-0.1, -0.05) is 0 Å². The third-order valence-electron chi connectivity index (χ3n) is 0. The molecule has 0 aliphatic carbocycles. The molecule has 4 heavy (non-hydrogen) atoms. The van der Waals surface area contributed by atoms with Crippen LogP contribution >= 0.6 is 0 Å². The summed E-state index contributed by atoms with van der Waals surface area (Å²) in [5, 5.41) is 0. The van der Waals surface area contributed by atoms with Gasteiger partial charge in [-0.3, -0.25) is 0 Å². The maximum Gasteiger partial charge on any atom is 3.00 e. The molecule has 0 rings (SSSR count). The first-order chi connectivity index (χ1) is 0. The minimum atomic E-state index is 0. The quantitative estimate of drug-likeness (QED) is 0.324. The second kappa shape index (κ2) is 117. The number of hydrogen-bond donors (Lipinski definition) is 0. The number of hydrogen-bond acceptors (Lipinski definition) is 1. The molecule has 24 valence electrons. The van der Waals surface area contributed by atoms with Crippen molar-refractivity contribution in [3.8, 4) is 0 Å². The summed E-state index contributed by atoms with van der Waals surface area (Å²) in [6.45, 7) is 0. The molecule has 0 aromatic rings. The summed E-state index contributed by atoms with van der Waals surface area (Å²) < 4.78 is 0. The van der Waals surface area contributed by atoms with Crippen LogP contribution < -0.4 is 0 Å². The molecule has 0 spiro atoms. The van der Waals surface area contributed by atoms with Crippen LogP contribution in [0.5, 0.6) is 0 Å². The molecule has 0 aromatic heterocycles. The topological polar surface area (TPSA) is 90.0 Å². The molecule has 0 aliphatic heterocycles. The Hall–Kier alpha value is 0.412. The summed E-state index contributed by atoms with van der Waals surface area (Å²) in [6.07, 6.45) is 0. The molecule has 3 N–H and O–H groups in total. The van der Waals surface area contributed by atoms with E-state index in [1.165, 1.54) is 0 Å². The van der Waals surface area contributed by atoms with Gasteiger partial charge < -0.3 is 16.4 Å². The third-order valence-corrected chi connectivity index (χ3v) is 0. The molecular formula is H3AlO3. The maximum absolute atomic E-state index is 0. The third kappa shape index (κ3) is 28.3. The molecule has 0 amide bonds. The van der Waals surface area contributed by atoms with Gasteiger partial charge in [0.1, 0.15) is 0 Å². The van der Waals surface area contributed by atoms with Crippen molar-refractivity contribution < 1.29 is 16.4 Å². The van der Waals surface area contributed by atoms with Crippen molar-refractivity contribution >= 4 is 17.4 Å². The van der Waals surface area contributed by atoms with Crippen molar-refractivity contribution in [2.75, 3.05) is 0 Å². The summed E-state index contributed by atoms with van der Waals surface area (Å²) in [6, 6.07) is 0. The van der Waals surface area contributed by atoms with E-state index in [1.54, 1.807) is 0 Å². The second-order valence-corrected chi connectivity index (χ2v) is 0. The van der Waals surface area contributed by atoms with E-state index in [0.717, 1.165) is 0 Å². The van der Waals surface area contributed by atoms with Gasteiger partial charge >= 0.3 is 17.4 Å². The van der Waals surface area contributed by atoms with Crippen LogP contribution in [0.25, 0.3) is 0 Å². The zero-order valence-electron chi connectivity index (χ0n) is 1.93. The summed E-state index contributed by atoms with van der Waals surface area (Å²) in [5.74, 6) is 0. The Kier molecular flexibility index (Phi) is 8810. The van der Waals surface area contributed by atoms with Gasteiger partial charge in [-0.15, -0.1) is 0 Å². The van der Waals surface area contributed by atoms with Gasteiger partial charge in [-0.2, -0.15) is 0 Å². The molecule has 0 fully saturated rings. The summed E-state index contributed by atoms with van der Waals surface area (Å²) >= 11 is 0. The van der Waals surface area contributed by atoms with Crippen LogP contribution in [0.3, 0.4) is 0 Å². The first-order valence-corrected chi connectivity index (χ1v) is 0. The van der Waals surface area contributed by atoms with Crippen LogP contribution in [0.15, 0.2) is 0 Å². The molecule has 0 bridgehead atoms. The van der Waals surface area contributed by atoms with Gasteiger partial charge in [-0.25, -0.2) is 0 Å². The average molecular weight is 78.0 g/mol. The standard InChI is InChI=1S/Al.2H2O.O/h;2*1H2;/q+3;;;-2/p-1. The van der Waals surface area contributed by atoms with Gasteiger partial charge in [0.05, 0.1) is 0 Å². The van der Waals surface area contributed by atoms with Crippen molar-refractivity contribution in [1.29, 1.82) is 0 Å². The molecule has 0 saturated heterocycles. The second-order valence-electron chi connectivity index (χ2n) is 0. The van der Waals surface area contributed by atoms with E-state index >= 15 is 0 Å². The monoisotopic (exact) mass is 78.0 g/mol.